The normalized spacial score (nSPS) is 10.6. The van der Waals surface area contributed by atoms with Gasteiger partial charge in [0.15, 0.2) is 8.15 Å². The van der Waals surface area contributed by atoms with Gasteiger partial charge in [0.05, 0.1) is 5.56 Å². The second-order valence-electron chi connectivity index (χ2n) is 5.83. The summed E-state index contributed by atoms with van der Waals surface area (Å²) in [5, 5.41) is 20.7. The van der Waals surface area contributed by atoms with Crippen LogP contribution >= 0.6 is 8.15 Å². The van der Waals surface area contributed by atoms with Gasteiger partial charge in [0.1, 0.15) is 11.3 Å². The molecule has 0 fully saturated rings. The number of aryl methyl sites for hydroxylation is 1. The van der Waals surface area contributed by atoms with Crippen LogP contribution in [-0.4, -0.2) is 22.2 Å². The lowest BCUT2D eigenvalue weighted by atomic mass is 10.0. The molecular formula is C21H17O5P. The van der Waals surface area contributed by atoms with Crippen LogP contribution in [0.15, 0.2) is 72.8 Å². The van der Waals surface area contributed by atoms with Gasteiger partial charge in [0, 0.05) is 10.6 Å². The van der Waals surface area contributed by atoms with Crippen molar-refractivity contribution >= 4 is 30.7 Å². The van der Waals surface area contributed by atoms with Crippen molar-refractivity contribution in [1.29, 1.82) is 0 Å². The largest absolute Gasteiger partial charge is 0.478 e. The molecule has 0 aliphatic heterocycles. The summed E-state index contributed by atoms with van der Waals surface area (Å²) in [4.78, 5) is 23.2. The summed E-state index contributed by atoms with van der Waals surface area (Å²) in [7, 11) is -1.37. The lowest BCUT2D eigenvalue weighted by Crippen LogP contribution is -2.17. The van der Waals surface area contributed by atoms with Crippen molar-refractivity contribution in [2.24, 2.45) is 0 Å². The molecule has 3 aromatic carbocycles. The molecule has 0 aliphatic rings. The number of benzene rings is 3. The highest BCUT2D eigenvalue weighted by molar-refractivity contribution is 7.68. The third kappa shape index (κ3) is 4.15. The van der Waals surface area contributed by atoms with Crippen LogP contribution in [0.1, 0.15) is 26.3 Å². The minimum Gasteiger partial charge on any atom is -0.478 e. The Labute approximate surface area is 157 Å². The van der Waals surface area contributed by atoms with Gasteiger partial charge in [-0.1, -0.05) is 60.7 Å². The molecule has 0 unspecified atom stereocenters. The number of rotatable bonds is 6. The maximum atomic E-state index is 11.7. The van der Waals surface area contributed by atoms with Gasteiger partial charge in [-0.25, -0.2) is 9.59 Å². The van der Waals surface area contributed by atoms with E-state index >= 15 is 0 Å². The average Bonchev–Trinajstić information content (AvgIpc) is 2.67. The van der Waals surface area contributed by atoms with Gasteiger partial charge in [-0.15, -0.1) is 0 Å². The zero-order chi connectivity index (χ0) is 19.4. The first kappa shape index (κ1) is 18.6. The van der Waals surface area contributed by atoms with Crippen molar-refractivity contribution in [3.8, 4) is 5.75 Å². The van der Waals surface area contributed by atoms with E-state index in [0.29, 0.717) is 5.56 Å². The summed E-state index contributed by atoms with van der Waals surface area (Å²) in [6, 6.07) is 21.6. The maximum Gasteiger partial charge on any atom is 0.339 e. The van der Waals surface area contributed by atoms with Crippen LogP contribution in [0, 0.1) is 6.92 Å². The van der Waals surface area contributed by atoms with E-state index in [1.165, 1.54) is 12.1 Å². The van der Waals surface area contributed by atoms with Gasteiger partial charge < -0.3 is 14.7 Å². The molecule has 2 N–H and O–H groups in total. The molecule has 5 nitrogen and oxygen atoms in total. The topological polar surface area (TPSA) is 83.8 Å². The van der Waals surface area contributed by atoms with E-state index in [0.717, 1.165) is 10.6 Å². The summed E-state index contributed by atoms with van der Waals surface area (Å²) < 4.78 is 6.15. The molecule has 6 heteroatoms. The number of carboxylic acid groups (broad SMARTS) is 2. The van der Waals surface area contributed by atoms with Crippen LogP contribution in [0.3, 0.4) is 0 Å². The van der Waals surface area contributed by atoms with Gasteiger partial charge in [-0.05, 0) is 24.6 Å². The van der Waals surface area contributed by atoms with Crippen LogP contribution in [0.25, 0.3) is 0 Å². The summed E-state index contributed by atoms with van der Waals surface area (Å²) in [6.45, 7) is 1.57. The van der Waals surface area contributed by atoms with E-state index in [1.807, 2.05) is 60.7 Å². The third-order valence-corrected chi connectivity index (χ3v) is 5.87. The van der Waals surface area contributed by atoms with E-state index in [4.69, 9.17) is 4.52 Å². The number of hydrogen-bond donors (Lipinski definition) is 2. The molecule has 0 saturated carbocycles. The number of aromatic carboxylic acids is 2. The fourth-order valence-corrected chi connectivity index (χ4v) is 4.38. The second kappa shape index (κ2) is 8.02. The SMILES string of the molecule is Cc1cc(C(=O)O)c(OP(c2ccccc2)c2ccccc2)cc1C(=O)O. The van der Waals surface area contributed by atoms with Crippen molar-refractivity contribution in [1.82, 2.24) is 0 Å². The molecule has 0 radical (unpaired) electrons. The van der Waals surface area contributed by atoms with Gasteiger partial charge >= 0.3 is 11.9 Å². The van der Waals surface area contributed by atoms with Gasteiger partial charge in [0.2, 0.25) is 0 Å². The highest BCUT2D eigenvalue weighted by atomic mass is 31.1. The molecule has 0 bridgehead atoms. The lowest BCUT2D eigenvalue weighted by Gasteiger charge is -2.21. The van der Waals surface area contributed by atoms with Crippen LogP contribution in [0.4, 0.5) is 0 Å². The van der Waals surface area contributed by atoms with Crippen molar-refractivity contribution < 1.29 is 24.3 Å². The average molecular weight is 380 g/mol. The molecular weight excluding hydrogens is 363 g/mol. The first-order chi connectivity index (χ1) is 13.0. The van der Waals surface area contributed by atoms with Crippen LogP contribution in [0.5, 0.6) is 5.75 Å². The fourth-order valence-electron chi connectivity index (χ4n) is 2.64. The molecule has 3 aromatic rings. The number of carbonyl (C=O) groups is 2. The number of hydrogen-bond acceptors (Lipinski definition) is 3. The van der Waals surface area contributed by atoms with E-state index in [2.05, 4.69) is 0 Å². The fraction of sp³-hybridized carbons (Fsp3) is 0.0476. The number of carboxylic acids is 2. The van der Waals surface area contributed by atoms with Crippen LogP contribution in [0.2, 0.25) is 0 Å². The van der Waals surface area contributed by atoms with Crippen molar-refractivity contribution in [2.75, 3.05) is 0 Å². The molecule has 0 atom stereocenters. The zero-order valence-corrected chi connectivity index (χ0v) is 15.4. The molecule has 0 aliphatic carbocycles. The molecule has 0 saturated heterocycles. The smallest absolute Gasteiger partial charge is 0.339 e. The lowest BCUT2D eigenvalue weighted by molar-refractivity contribution is 0.0678. The summed E-state index contributed by atoms with van der Waals surface area (Å²) in [6.07, 6.45) is 0. The van der Waals surface area contributed by atoms with Crippen molar-refractivity contribution in [3.05, 3.63) is 89.5 Å². The van der Waals surface area contributed by atoms with E-state index < -0.39 is 20.1 Å². The highest BCUT2D eigenvalue weighted by Crippen LogP contribution is 2.39. The van der Waals surface area contributed by atoms with E-state index in [-0.39, 0.29) is 16.9 Å². The minimum absolute atomic E-state index is 0.0195. The van der Waals surface area contributed by atoms with Gasteiger partial charge in [-0.2, -0.15) is 0 Å². The van der Waals surface area contributed by atoms with Crippen molar-refractivity contribution in [3.63, 3.8) is 0 Å². The van der Waals surface area contributed by atoms with E-state index in [9.17, 15) is 19.8 Å². The Hall–Kier alpha value is -3.17. The molecule has 27 heavy (non-hydrogen) atoms. The van der Waals surface area contributed by atoms with Crippen LogP contribution < -0.4 is 15.1 Å². The Bertz CT molecular complexity index is 931. The Balaban J connectivity index is 2.12. The molecule has 0 spiro atoms. The molecule has 136 valence electrons. The molecule has 0 heterocycles. The standard InChI is InChI=1S/C21H17O5P/c1-14-12-18(21(24)25)19(13-17(14)20(22)23)26-27(15-8-4-2-5-9-15)16-10-6-3-7-11-16/h2-13H,1H3,(H,22,23)(H,24,25). The quantitative estimate of drug-likeness (QED) is 0.635. The molecule has 3 rings (SSSR count). The molecule has 0 aromatic heterocycles. The zero-order valence-electron chi connectivity index (χ0n) is 14.5. The monoisotopic (exact) mass is 380 g/mol. The summed E-state index contributed by atoms with van der Waals surface area (Å²) >= 11 is 0. The maximum absolute atomic E-state index is 11.7. The Morgan fingerprint density at radius 3 is 1.70 bits per heavy atom. The third-order valence-electron chi connectivity index (χ3n) is 3.96. The van der Waals surface area contributed by atoms with Crippen molar-refractivity contribution in [2.45, 2.75) is 6.92 Å². The summed E-state index contributed by atoms with van der Waals surface area (Å²) in [5.74, 6) is -2.25. The van der Waals surface area contributed by atoms with Gasteiger partial charge in [-0.3, -0.25) is 0 Å². The van der Waals surface area contributed by atoms with Gasteiger partial charge in [0.25, 0.3) is 0 Å². The Kier molecular flexibility index (Phi) is 5.53. The highest BCUT2D eigenvalue weighted by Gasteiger charge is 2.23. The Morgan fingerprint density at radius 2 is 1.26 bits per heavy atom. The van der Waals surface area contributed by atoms with Crippen LogP contribution in [-0.2, 0) is 0 Å². The predicted molar refractivity (Wildman–Crippen MR) is 105 cm³/mol. The summed E-state index contributed by atoms with van der Waals surface area (Å²) in [5.41, 5.74) is 0.332. The molecule has 0 amide bonds. The van der Waals surface area contributed by atoms with E-state index in [1.54, 1.807) is 6.92 Å². The predicted octanol–water partition coefficient (Wildman–Crippen LogP) is 3.82. The minimum atomic E-state index is -1.37. The second-order valence-corrected chi connectivity index (χ2v) is 7.63. The first-order valence-corrected chi connectivity index (χ1v) is 9.43. The first-order valence-electron chi connectivity index (χ1n) is 8.17. The Morgan fingerprint density at radius 1 is 0.778 bits per heavy atom.